The maximum Gasteiger partial charge on any atom is 0.160 e. The average Bonchev–Trinajstić information content (AvgIpc) is 2.74. The molecule has 4 rings (SSSR count). The quantitative estimate of drug-likeness (QED) is 0.436. The van der Waals surface area contributed by atoms with Crippen LogP contribution in [0.25, 0.3) is 33.8 Å². The number of hydrogen-bond acceptors (Lipinski definition) is 3. The Morgan fingerprint density at radius 2 is 1.14 bits per heavy atom. The first kappa shape index (κ1) is 18.1. The zero-order chi connectivity index (χ0) is 19.6. The van der Waals surface area contributed by atoms with Crippen LogP contribution in [0, 0.1) is 0 Å². The van der Waals surface area contributed by atoms with Crippen molar-refractivity contribution < 1.29 is 0 Å². The molecule has 3 heteroatoms. The van der Waals surface area contributed by atoms with Gasteiger partial charge in [0.2, 0.25) is 0 Å². The van der Waals surface area contributed by atoms with Gasteiger partial charge in [-0.3, -0.25) is 4.98 Å². The summed E-state index contributed by atoms with van der Waals surface area (Å²) in [6.45, 7) is 6.66. The maximum absolute atomic E-state index is 4.56. The monoisotopic (exact) mass is 365 g/mol. The molecule has 0 fully saturated rings. The van der Waals surface area contributed by atoms with Gasteiger partial charge >= 0.3 is 0 Å². The van der Waals surface area contributed by atoms with Crippen molar-refractivity contribution in [3.8, 4) is 33.8 Å². The number of pyridine rings is 1. The molecule has 3 nitrogen and oxygen atoms in total. The van der Waals surface area contributed by atoms with Gasteiger partial charge in [0.05, 0.1) is 5.69 Å². The second kappa shape index (κ2) is 7.35. The van der Waals surface area contributed by atoms with E-state index in [9.17, 15) is 0 Å². The van der Waals surface area contributed by atoms with Gasteiger partial charge in [0.1, 0.15) is 0 Å². The lowest BCUT2D eigenvalue weighted by Gasteiger charge is -2.19. The molecule has 2 heterocycles. The molecule has 0 saturated carbocycles. The maximum atomic E-state index is 4.56. The first-order valence-electron chi connectivity index (χ1n) is 9.45. The Kier molecular flexibility index (Phi) is 4.74. The Bertz CT molecular complexity index is 1040. The summed E-state index contributed by atoms with van der Waals surface area (Å²) in [5, 5.41) is 0. The first-order chi connectivity index (χ1) is 13.5. The Morgan fingerprint density at radius 3 is 1.71 bits per heavy atom. The fourth-order valence-electron chi connectivity index (χ4n) is 3.09. The minimum absolute atomic E-state index is 0.151. The van der Waals surface area contributed by atoms with E-state index < -0.39 is 0 Å². The SMILES string of the molecule is CC(C)(C)c1ccc(-c2cnc(-c3ccc(-c4ccccc4)nc3)nc2)cc1. The number of aromatic nitrogens is 3. The third-order valence-electron chi connectivity index (χ3n) is 4.83. The van der Waals surface area contributed by atoms with Gasteiger partial charge in [0, 0.05) is 35.3 Å². The van der Waals surface area contributed by atoms with Crippen molar-refractivity contribution in [1.82, 2.24) is 15.0 Å². The lowest BCUT2D eigenvalue weighted by molar-refractivity contribution is 0.590. The summed E-state index contributed by atoms with van der Waals surface area (Å²) in [5.41, 5.74) is 6.56. The molecular formula is C25H23N3. The van der Waals surface area contributed by atoms with Crippen LogP contribution in [0.3, 0.4) is 0 Å². The van der Waals surface area contributed by atoms with Crippen LogP contribution in [0.15, 0.2) is 85.3 Å². The standard InChI is InChI=1S/C25H23N3/c1-25(2,3)22-12-9-18(10-13-22)21-16-27-24(28-17-21)20-11-14-23(26-15-20)19-7-5-4-6-8-19/h4-17H,1-3H3. The van der Waals surface area contributed by atoms with Crippen molar-refractivity contribution in [3.63, 3.8) is 0 Å². The molecule has 4 aromatic rings. The van der Waals surface area contributed by atoms with E-state index in [1.54, 1.807) is 0 Å². The van der Waals surface area contributed by atoms with Crippen molar-refractivity contribution >= 4 is 0 Å². The second-order valence-electron chi connectivity index (χ2n) is 7.92. The van der Waals surface area contributed by atoms with E-state index in [0.29, 0.717) is 5.82 Å². The lowest BCUT2D eigenvalue weighted by atomic mass is 9.86. The molecular weight excluding hydrogens is 342 g/mol. The number of rotatable bonds is 3. The van der Waals surface area contributed by atoms with Crippen LogP contribution in [0.4, 0.5) is 0 Å². The Labute approximate surface area is 166 Å². The van der Waals surface area contributed by atoms with E-state index in [1.165, 1.54) is 5.56 Å². The summed E-state index contributed by atoms with van der Waals surface area (Å²) in [6, 6.07) is 22.8. The summed E-state index contributed by atoms with van der Waals surface area (Å²) >= 11 is 0. The van der Waals surface area contributed by atoms with Crippen LogP contribution in [0.2, 0.25) is 0 Å². The van der Waals surface area contributed by atoms with Gasteiger partial charge in [-0.15, -0.1) is 0 Å². The Morgan fingerprint density at radius 1 is 0.536 bits per heavy atom. The van der Waals surface area contributed by atoms with Gasteiger partial charge < -0.3 is 0 Å². The topological polar surface area (TPSA) is 38.7 Å². The van der Waals surface area contributed by atoms with Crippen molar-refractivity contribution in [2.24, 2.45) is 0 Å². The smallest absolute Gasteiger partial charge is 0.160 e. The van der Waals surface area contributed by atoms with E-state index >= 15 is 0 Å². The number of benzene rings is 2. The molecule has 0 aliphatic carbocycles. The Hall–Kier alpha value is -3.33. The average molecular weight is 365 g/mol. The second-order valence-corrected chi connectivity index (χ2v) is 7.92. The van der Waals surface area contributed by atoms with Crippen molar-refractivity contribution in [3.05, 3.63) is 90.9 Å². The third-order valence-corrected chi connectivity index (χ3v) is 4.83. The van der Waals surface area contributed by atoms with Gasteiger partial charge in [-0.1, -0.05) is 75.4 Å². The zero-order valence-electron chi connectivity index (χ0n) is 16.4. The van der Waals surface area contributed by atoms with Crippen LogP contribution in [-0.2, 0) is 5.41 Å². The van der Waals surface area contributed by atoms with Crippen molar-refractivity contribution in [2.45, 2.75) is 26.2 Å². The lowest BCUT2D eigenvalue weighted by Crippen LogP contribution is -2.10. The fourth-order valence-corrected chi connectivity index (χ4v) is 3.09. The summed E-state index contributed by atoms with van der Waals surface area (Å²) < 4.78 is 0. The first-order valence-corrected chi connectivity index (χ1v) is 9.45. The Balaban J connectivity index is 1.55. The molecule has 138 valence electrons. The molecule has 28 heavy (non-hydrogen) atoms. The van der Waals surface area contributed by atoms with E-state index in [0.717, 1.165) is 27.9 Å². The molecule has 2 aromatic heterocycles. The molecule has 0 atom stereocenters. The number of hydrogen-bond donors (Lipinski definition) is 0. The summed E-state index contributed by atoms with van der Waals surface area (Å²) in [6.07, 6.45) is 5.58. The van der Waals surface area contributed by atoms with Gasteiger partial charge in [-0.25, -0.2) is 9.97 Å². The van der Waals surface area contributed by atoms with Crippen LogP contribution >= 0.6 is 0 Å². The molecule has 0 bridgehead atoms. The highest BCUT2D eigenvalue weighted by atomic mass is 14.9. The van der Waals surface area contributed by atoms with E-state index in [1.807, 2.05) is 48.9 Å². The zero-order valence-corrected chi connectivity index (χ0v) is 16.4. The highest BCUT2D eigenvalue weighted by molar-refractivity contribution is 5.65. The minimum atomic E-state index is 0.151. The highest BCUT2D eigenvalue weighted by Crippen LogP contribution is 2.26. The number of nitrogens with zero attached hydrogens (tertiary/aromatic N) is 3. The molecule has 0 spiro atoms. The van der Waals surface area contributed by atoms with Gasteiger partial charge in [-0.2, -0.15) is 0 Å². The van der Waals surface area contributed by atoms with Crippen LogP contribution in [0.5, 0.6) is 0 Å². The molecule has 0 aliphatic rings. The fraction of sp³-hybridized carbons (Fsp3) is 0.160. The molecule has 0 unspecified atom stereocenters. The van der Waals surface area contributed by atoms with Crippen molar-refractivity contribution in [1.29, 1.82) is 0 Å². The van der Waals surface area contributed by atoms with Gasteiger partial charge in [0.25, 0.3) is 0 Å². The molecule has 0 saturated heterocycles. The summed E-state index contributed by atoms with van der Waals surface area (Å²) in [4.78, 5) is 13.7. The highest BCUT2D eigenvalue weighted by Gasteiger charge is 2.13. The van der Waals surface area contributed by atoms with Crippen LogP contribution in [-0.4, -0.2) is 15.0 Å². The van der Waals surface area contributed by atoms with E-state index in [4.69, 9.17) is 0 Å². The van der Waals surface area contributed by atoms with Gasteiger partial charge in [0.15, 0.2) is 5.82 Å². The normalized spacial score (nSPS) is 11.4. The molecule has 0 N–H and O–H groups in total. The molecule has 0 radical (unpaired) electrons. The predicted octanol–water partition coefficient (Wildman–Crippen LogP) is 6.17. The molecule has 0 aliphatic heterocycles. The largest absolute Gasteiger partial charge is 0.255 e. The summed E-state index contributed by atoms with van der Waals surface area (Å²) in [7, 11) is 0. The molecule has 2 aromatic carbocycles. The molecule has 0 amide bonds. The van der Waals surface area contributed by atoms with E-state index in [2.05, 4.69) is 72.1 Å². The minimum Gasteiger partial charge on any atom is -0.255 e. The summed E-state index contributed by atoms with van der Waals surface area (Å²) in [5.74, 6) is 0.683. The third kappa shape index (κ3) is 3.84. The predicted molar refractivity (Wildman–Crippen MR) is 115 cm³/mol. The van der Waals surface area contributed by atoms with E-state index in [-0.39, 0.29) is 5.41 Å². The van der Waals surface area contributed by atoms with Gasteiger partial charge in [-0.05, 0) is 28.7 Å². The van der Waals surface area contributed by atoms with Crippen LogP contribution < -0.4 is 0 Å². The van der Waals surface area contributed by atoms with Crippen molar-refractivity contribution in [2.75, 3.05) is 0 Å². The van der Waals surface area contributed by atoms with Crippen LogP contribution in [0.1, 0.15) is 26.3 Å².